The molecule has 1 aromatic heterocycles. The smallest absolute Gasteiger partial charge is 0.309 e. The van der Waals surface area contributed by atoms with E-state index in [-0.39, 0.29) is 0 Å². The minimum absolute atomic E-state index is 0.507. The number of carboxylic acids is 1. The maximum absolute atomic E-state index is 11.5. The molecular weight excluding hydrogens is 240 g/mol. The number of carbonyl (C=O) groups is 1. The lowest BCUT2D eigenvalue weighted by Crippen LogP contribution is -2.44. The van der Waals surface area contributed by atoms with Gasteiger partial charge in [0.05, 0.1) is 5.41 Å². The van der Waals surface area contributed by atoms with Crippen LogP contribution >= 0.6 is 0 Å². The van der Waals surface area contributed by atoms with Crippen LogP contribution in [0.2, 0.25) is 0 Å². The maximum atomic E-state index is 11.5. The summed E-state index contributed by atoms with van der Waals surface area (Å²) >= 11 is 0. The molecule has 0 atom stereocenters. The first-order valence-corrected chi connectivity index (χ1v) is 6.98. The Kier molecular flexibility index (Phi) is 4.08. The quantitative estimate of drug-likeness (QED) is 0.906. The maximum Gasteiger partial charge on any atom is 0.309 e. The van der Waals surface area contributed by atoms with Crippen LogP contribution in [0.3, 0.4) is 0 Å². The average Bonchev–Trinajstić information content (AvgIpc) is 2.39. The number of nitrogens with zero attached hydrogens (tertiary/aromatic N) is 2. The summed E-state index contributed by atoms with van der Waals surface area (Å²) in [6.45, 7) is 5.67. The highest BCUT2D eigenvalue weighted by Crippen LogP contribution is 2.37. The van der Waals surface area contributed by atoms with Gasteiger partial charge < -0.3 is 10.0 Å². The van der Waals surface area contributed by atoms with Crippen molar-refractivity contribution in [3.63, 3.8) is 0 Å². The van der Waals surface area contributed by atoms with Crippen LogP contribution in [0.4, 0.5) is 5.69 Å². The van der Waals surface area contributed by atoms with Gasteiger partial charge in [-0.25, -0.2) is 0 Å². The Balaban J connectivity index is 2.07. The van der Waals surface area contributed by atoms with Gasteiger partial charge in [-0.15, -0.1) is 0 Å². The van der Waals surface area contributed by atoms with Crippen molar-refractivity contribution in [3.05, 3.63) is 24.0 Å². The Morgan fingerprint density at radius 2 is 2.16 bits per heavy atom. The summed E-state index contributed by atoms with van der Waals surface area (Å²) in [5.74, 6) is -0.625. The fourth-order valence-corrected chi connectivity index (χ4v) is 2.97. The van der Waals surface area contributed by atoms with Crippen molar-refractivity contribution in [2.45, 2.75) is 39.5 Å². The van der Waals surface area contributed by atoms with Gasteiger partial charge in [0.25, 0.3) is 0 Å². The molecule has 104 valence electrons. The molecule has 2 rings (SSSR count). The summed E-state index contributed by atoms with van der Waals surface area (Å²) in [6, 6.07) is 4.06. The van der Waals surface area contributed by atoms with Crippen molar-refractivity contribution < 1.29 is 9.90 Å². The summed E-state index contributed by atoms with van der Waals surface area (Å²) in [5.41, 5.74) is 1.65. The predicted octanol–water partition coefficient (Wildman–Crippen LogP) is 2.86. The van der Waals surface area contributed by atoms with Crippen LogP contribution in [0.5, 0.6) is 0 Å². The largest absolute Gasteiger partial charge is 0.481 e. The standard InChI is InChI=1S/C15H22N2O2/c1-3-5-15(14(18)19)6-9-17(10-7-15)13-4-8-16-12(2)11-13/h4,8,11H,3,5-7,9-10H2,1-2H3,(H,18,19). The van der Waals surface area contributed by atoms with Crippen LogP contribution in [-0.4, -0.2) is 29.1 Å². The SMILES string of the molecule is CCCC1(C(=O)O)CCN(c2ccnc(C)c2)CC1. The van der Waals surface area contributed by atoms with Gasteiger partial charge in [0.1, 0.15) is 0 Å². The first-order chi connectivity index (χ1) is 9.07. The molecule has 0 aromatic carbocycles. The van der Waals surface area contributed by atoms with Gasteiger partial charge in [0.2, 0.25) is 0 Å². The number of pyridine rings is 1. The highest BCUT2D eigenvalue weighted by molar-refractivity contribution is 5.75. The second kappa shape index (κ2) is 5.59. The van der Waals surface area contributed by atoms with E-state index in [0.29, 0.717) is 0 Å². The molecule has 19 heavy (non-hydrogen) atoms. The van der Waals surface area contributed by atoms with Crippen molar-refractivity contribution in [1.29, 1.82) is 0 Å². The molecule has 0 aliphatic carbocycles. The molecule has 0 amide bonds. The van der Waals surface area contributed by atoms with Gasteiger partial charge in [-0.2, -0.15) is 0 Å². The average molecular weight is 262 g/mol. The molecule has 0 radical (unpaired) electrons. The summed E-state index contributed by atoms with van der Waals surface area (Å²) in [6.07, 6.45) is 5.00. The number of hydrogen-bond acceptors (Lipinski definition) is 3. The molecule has 0 spiro atoms. The van der Waals surface area contributed by atoms with E-state index in [1.165, 1.54) is 0 Å². The van der Waals surface area contributed by atoms with E-state index in [2.05, 4.69) is 22.9 Å². The van der Waals surface area contributed by atoms with Crippen LogP contribution < -0.4 is 4.90 Å². The molecule has 1 saturated heterocycles. The van der Waals surface area contributed by atoms with Crippen molar-refractivity contribution in [2.24, 2.45) is 5.41 Å². The Labute approximate surface area is 114 Å². The molecule has 1 aromatic rings. The third-order valence-electron chi connectivity index (χ3n) is 4.15. The van der Waals surface area contributed by atoms with Gasteiger partial charge in [-0.3, -0.25) is 9.78 Å². The molecule has 2 heterocycles. The van der Waals surface area contributed by atoms with E-state index in [1.807, 2.05) is 19.2 Å². The summed E-state index contributed by atoms with van der Waals surface area (Å²) in [7, 11) is 0. The summed E-state index contributed by atoms with van der Waals surface area (Å²) < 4.78 is 0. The molecular formula is C15H22N2O2. The fraction of sp³-hybridized carbons (Fsp3) is 0.600. The van der Waals surface area contributed by atoms with Crippen molar-refractivity contribution in [1.82, 2.24) is 4.98 Å². The number of aromatic nitrogens is 1. The van der Waals surface area contributed by atoms with Crippen LogP contribution in [0.25, 0.3) is 0 Å². The zero-order valence-corrected chi connectivity index (χ0v) is 11.7. The van der Waals surface area contributed by atoms with Gasteiger partial charge in [0.15, 0.2) is 0 Å². The van der Waals surface area contributed by atoms with Crippen molar-refractivity contribution in [3.8, 4) is 0 Å². The zero-order valence-electron chi connectivity index (χ0n) is 11.7. The number of aryl methyl sites for hydroxylation is 1. The lowest BCUT2D eigenvalue weighted by Gasteiger charge is -2.40. The van der Waals surface area contributed by atoms with Crippen molar-refractivity contribution in [2.75, 3.05) is 18.0 Å². The summed E-state index contributed by atoms with van der Waals surface area (Å²) in [5, 5.41) is 9.49. The molecule has 1 aliphatic rings. The Hall–Kier alpha value is -1.58. The van der Waals surface area contributed by atoms with Gasteiger partial charge in [-0.1, -0.05) is 13.3 Å². The van der Waals surface area contributed by atoms with Crippen molar-refractivity contribution >= 4 is 11.7 Å². The number of rotatable bonds is 4. The second-order valence-electron chi connectivity index (χ2n) is 5.48. The highest BCUT2D eigenvalue weighted by Gasteiger charge is 2.40. The Bertz CT molecular complexity index is 451. The van der Waals surface area contributed by atoms with E-state index in [4.69, 9.17) is 0 Å². The first kappa shape index (κ1) is 13.8. The minimum atomic E-state index is -0.625. The van der Waals surface area contributed by atoms with Gasteiger partial charge >= 0.3 is 5.97 Å². The molecule has 4 heteroatoms. The number of aliphatic carboxylic acids is 1. The molecule has 0 unspecified atom stereocenters. The zero-order chi connectivity index (χ0) is 13.9. The van der Waals surface area contributed by atoms with E-state index in [1.54, 1.807) is 0 Å². The minimum Gasteiger partial charge on any atom is -0.481 e. The third-order valence-corrected chi connectivity index (χ3v) is 4.15. The topological polar surface area (TPSA) is 53.4 Å². The molecule has 1 N–H and O–H groups in total. The monoisotopic (exact) mass is 262 g/mol. The molecule has 1 fully saturated rings. The van der Waals surface area contributed by atoms with E-state index in [0.717, 1.165) is 50.2 Å². The summed E-state index contributed by atoms with van der Waals surface area (Å²) in [4.78, 5) is 18.0. The number of piperidine rings is 1. The Morgan fingerprint density at radius 3 is 2.68 bits per heavy atom. The fourth-order valence-electron chi connectivity index (χ4n) is 2.97. The van der Waals surface area contributed by atoms with Crippen LogP contribution in [-0.2, 0) is 4.79 Å². The number of anilines is 1. The molecule has 0 bridgehead atoms. The number of hydrogen-bond donors (Lipinski definition) is 1. The van der Waals surface area contributed by atoms with E-state index in [9.17, 15) is 9.90 Å². The predicted molar refractivity (Wildman–Crippen MR) is 75.4 cm³/mol. The lowest BCUT2D eigenvalue weighted by atomic mass is 9.75. The molecule has 4 nitrogen and oxygen atoms in total. The molecule has 1 aliphatic heterocycles. The Morgan fingerprint density at radius 1 is 1.47 bits per heavy atom. The normalized spacial score (nSPS) is 18.3. The van der Waals surface area contributed by atoms with Gasteiger partial charge in [0, 0.05) is 30.7 Å². The second-order valence-corrected chi connectivity index (χ2v) is 5.48. The first-order valence-electron chi connectivity index (χ1n) is 6.98. The lowest BCUT2D eigenvalue weighted by molar-refractivity contribution is -0.150. The highest BCUT2D eigenvalue weighted by atomic mass is 16.4. The number of carboxylic acid groups (broad SMARTS) is 1. The third kappa shape index (κ3) is 2.88. The molecule has 0 saturated carbocycles. The van der Waals surface area contributed by atoms with Gasteiger partial charge in [-0.05, 0) is 38.3 Å². The van der Waals surface area contributed by atoms with E-state index < -0.39 is 11.4 Å². The van der Waals surface area contributed by atoms with Crippen LogP contribution in [0, 0.1) is 12.3 Å². The van der Waals surface area contributed by atoms with Crippen LogP contribution in [0.1, 0.15) is 38.3 Å². The van der Waals surface area contributed by atoms with Crippen LogP contribution in [0.15, 0.2) is 18.3 Å². The van der Waals surface area contributed by atoms with E-state index >= 15 is 0 Å².